The van der Waals surface area contributed by atoms with Crippen molar-refractivity contribution in [1.82, 2.24) is 10.2 Å². The number of rotatable bonds is 5. The van der Waals surface area contributed by atoms with Crippen molar-refractivity contribution >= 4 is 0 Å². The monoisotopic (exact) mass is 280 g/mol. The number of aliphatic hydroxyl groups is 1. The van der Waals surface area contributed by atoms with Gasteiger partial charge in [0.25, 0.3) is 0 Å². The van der Waals surface area contributed by atoms with Crippen molar-refractivity contribution in [2.45, 2.75) is 83.0 Å². The van der Waals surface area contributed by atoms with E-state index in [0.29, 0.717) is 18.0 Å². The highest BCUT2D eigenvalue weighted by molar-refractivity contribution is 4.93. The molecule has 4 unspecified atom stereocenters. The van der Waals surface area contributed by atoms with Crippen LogP contribution < -0.4 is 5.32 Å². The highest BCUT2D eigenvalue weighted by Crippen LogP contribution is 2.37. The zero-order chi connectivity index (χ0) is 14.1. The minimum atomic E-state index is -0.169. The van der Waals surface area contributed by atoms with Crippen LogP contribution in [0.4, 0.5) is 0 Å². The average molecular weight is 280 g/mol. The first kappa shape index (κ1) is 14.8. The van der Waals surface area contributed by atoms with Crippen LogP contribution in [-0.4, -0.2) is 47.3 Å². The lowest BCUT2D eigenvalue weighted by atomic mass is 9.88. The van der Waals surface area contributed by atoms with E-state index in [1.54, 1.807) is 0 Å². The molecule has 0 amide bonds. The van der Waals surface area contributed by atoms with E-state index in [4.69, 9.17) is 0 Å². The summed E-state index contributed by atoms with van der Waals surface area (Å²) in [4.78, 5) is 2.66. The molecule has 3 fully saturated rings. The van der Waals surface area contributed by atoms with Gasteiger partial charge < -0.3 is 10.4 Å². The molecule has 2 N–H and O–H groups in total. The first-order valence-corrected chi connectivity index (χ1v) is 8.81. The zero-order valence-electron chi connectivity index (χ0n) is 13.2. The predicted octanol–water partition coefficient (Wildman–Crippen LogP) is 2.39. The maximum Gasteiger partial charge on any atom is 0.0553 e. The van der Waals surface area contributed by atoms with Crippen molar-refractivity contribution in [3.8, 4) is 0 Å². The Morgan fingerprint density at radius 2 is 1.65 bits per heavy atom. The van der Waals surface area contributed by atoms with Gasteiger partial charge >= 0.3 is 0 Å². The topological polar surface area (TPSA) is 35.5 Å². The fraction of sp³-hybridized carbons (Fsp3) is 1.00. The summed E-state index contributed by atoms with van der Waals surface area (Å²) >= 11 is 0. The molecule has 0 spiro atoms. The predicted molar refractivity (Wildman–Crippen MR) is 82.7 cm³/mol. The third-order valence-corrected chi connectivity index (χ3v) is 5.90. The SMILES string of the molecule is CC(O)C1CC(NC2CCCC2)CN(C(C)C2CC2)C1. The summed E-state index contributed by atoms with van der Waals surface area (Å²) in [6.45, 7) is 6.66. The molecule has 0 aromatic carbocycles. The van der Waals surface area contributed by atoms with Crippen LogP contribution in [0.3, 0.4) is 0 Å². The van der Waals surface area contributed by atoms with Crippen molar-refractivity contribution in [1.29, 1.82) is 0 Å². The van der Waals surface area contributed by atoms with Crippen LogP contribution in [0.15, 0.2) is 0 Å². The van der Waals surface area contributed by atoms with E-state index in [-0.39, 0.29) is 6.10 Å². The smallest absolute Gasteiger partial charge is 0.0553 e. The number of hydrogen-bond acceptors (Lipinski definition) is 3. The first-order chi connectivity index (χ1) is 9.63. The highest BCUT2D eigenvalue weighted by Gasteiger charge is 2.38. The Balaban J connectivity index is 1.59. The van der Waals surface area contributed by atoms with Crippen LogP contribution in [0.1, 0.15) is 58.8 Å². The summed E-state index contributed by atoms with van der Waals surface area (Å²) in [5.74, 6) is 1.37. The molecule has 3 nitrogen and oxygen atoms in total. The summed E-state index contributed by atoms with van der Waals surface area (Å²) < 4.78 is 0. The number of likely N-dealkylation sites (tertiary alicyclic amines) is 1. The van der Waals surface area contributed by atoms with Gasteiger partial charge in [0, 0.05) is 31.2 Å². The number of hydrogen-bond donors (Lipinski definition) is 2. The quantitative estimate of drug-likeness (QED) is 0.812. The first-order valence-electron chi connectivity index (χ1n) is 8.81. The number of nitrogens with one attached hydrogen (secondary N) is 1. The Morgan fingerprint density at radius 3 is 2.25 bits per heavy atom. The molecular formula is C17H32N2O. The molecule has 0 aromatic heterocycles. The lowest BCUT2D eigenvalue weighted by Crippen LogP contribution is -2.55. The minimum absolute atomic E-state index is 0.169. The van der Waals surface area contributed by atoms with Crippen molar-refractivity contribution in [3.63, 3.8) is 0 Å². The summed E-state index contributed by atoms with van der Waals surface area (Å²) in [5.41, 5.74) is 0. The molecule has 0 radical (unpaired) electrons. The third kappa shape index (κ3) is 3.55. The molecule has 1 heterocycles. The number of aliphatic hydroxyl groups excluding tert-OH is 1. The minimum Gasteiger partial charge on any atom is -0.393 e. The van der Waals surface area contributed by atoms with Crippen molar-refractivity contribution in [2.75, 3.05) is 13.1 Å². The third-order valence-electron chi connectivity index (χ3n) is 5.90. The lowest BCUT2D eigenvalue weighted by Gasteiger charge is -2.43. The fourth-order valence-electron chi connectivity index (χ4n) is 4.28. The largest absolute Gasteiger partial charge is 0.393 e. The lowest BCUT2D eigenvalue weighted by molar-refractivity contribution is 0.0260. The van der Waals surface area contributed by atoms with E-state index in [2.05, 4.69) is 17.1 Å². The van der Waals surface area contributed by atoms with Gasteiger partial charge in [-0.1, -0.05) is 12.8 Å². The van der Waals surface area contributed by atoms with Crippen LogP contribution >= 0.6 is 0 Å². The Morgan fingerprint density at radius 1 is 0.950 bits per heavy atom. The summed E-state index contributed by atoms with van der Waals surface area (Å²) in [7, 11) is 0. The van der Waals surface area contributed by atoms with Crippen molar-refractivity contribution in [3.05, 3.63) is 0 Å². The van der Waals surface area contributed by atoms with E-state index in [1.165, 1.54) is 45.1 Å². The molecule has 3 rings (SSSR count). The molecule has 2 saturated carbocycles. The summed E-state index contributed by atoms with van der Waals surface area (Å²) in [6.07, 6.45) is 9.32. The van der Waals surface area contributed by atoms with Crippen LogP contribution in [0, 0.1) is 11.8 Å². The second-order valence-electron chi connectivity index (χ2n) is 7.61. The van der Waals surface area contributed by atoms with Gasteiger partial charge in [-0.15, -0.1) is 0 Å². The molecule has 3 heteroatoms. The average Bonchev–Trinajstić information content (AvgIpc) is 3.16. The van der Waals surface area contributed by atoms with Crippen molar-refractivity contribution < 1.29 is 5.11 Å². The number of piperidine rings is 1. The van der Waals surface area contributed by atoms with Gasteiger partial charge in [0.05, 0.1) is 6.10 Å². The van der Waals surface area contributed by atoms with E-state index < -0.39 is 0 Å². The Hall–Kier alpha value is -0.120. The Labute approximate surface area is 124 Å². The van der Waals surface area contributed by atoms with E-state index in [0.717, 1.165) is 24.9 Å². The van der Waals surface area contributed by atoms with E-state index in [1.807, 2.05) is 6.92 Å². The standard InChI is InChI=1S/C17H32N2O/c1-12(14-7-8-14)19-10-15(13(2)20)9-17(11-19)18-16-5-3-4-6-16/h12-18,20H,3-11H2,1-2H3. The maximum absolute atomic E-state index is 10.1. The molecule has 1 saturated heterocycles. The van der Waals surface area contributed by atoms with Crippen LogP contribution in [-0.2, 0) is 0 Å². The molecule has 3 aliphatic rings. The van der Waals surface area contributed by atoms with Gasteiger partial charge in [-0.3, -0.25) is 4.90 Å². The molecule has 116 valence electrons. The number of nitrogens with zero attached hydrogens (tertiary/aromatic N) is 1. The molecule has 20 heavy (non-hydrogen) atoms. The molecule has 0 aromatic rings. The van der Waals surface area contributed by atoms with Crippen molar-refractivity contribution in [2.24, 2.45) is 11.8 Å². The summed E-state index contributed by atoms with van der Waals surface area (Å²) in [5, 5.41) is 13.9. The van der Waals surface area contributed by atoms with E-state index in [9.17, 15) is 5.11 Å². The van der Waals surface area contributed by atoms with Crippen LogP contribution in [0.5, 0.6) is 0 Å². The van der Waals surface area contributed by atoms with Gasteiger partial charge in [0.1, 0.15) is 0 Å². The second kappa shape index (κ2) is 6.33. The zero-order valence-corrected chi connectivity index (χ0v) is 13.2. The van der Waals surface area contributed by atoms with E-state index >= 15 is 0 Å². The van der Waals surface area contributed by atoms with Gasteiger partial charge in [-0.05, 0) is 57.8 Å². The van der Waals surface area contributed by atoms with Gasteiger partial charge in [0.2, 0.25) is 0 Å². The molecule has 0 bridgehead atoms. The van der Waals surface area contributed by atoms with Crippen LogP contribution in [0.25, 0.3) is 0 Å². The highest BCUT2D eigenvalue weighted by atomic mass is 16.3. The Kier molecular flexibility index (Phi) is 4.68. The molecule has 4 atom stereocenters. The Bertz CT molecular complexity index is 308. The molecule has 1 aliphatic heterocycles. The normalized spacial score (nSPS) is 36.1. The summed E-state index contributed by atoms with van der Waals surface area (Å²) in [6, 6.07) is 2.04. The fourth-order valence-corrected chi connectivity index (χ4v) is 4.28. The van der Waals surface area contributed by atoms with Gasteiger partial charge in [-0.25, -0.2) is 0 Å². The van der Waals surface area contributed by atoms with Gasteiger partial charge in [-0.2, -0.15) is 0 Å². The molecular weight excluding hydrogens is 248 g/mol. The van der Waals surface area contributed by atoms with Crippen LogP contribution in [0.2, 0.25) is 0 Å². The molecule has 2 aliphatic carbocycles. The van der Waals surface area contributed by atoms with Gasteiger partial charge in [0.15, 0.2) is 0 Å². The maximum atomic E-state index is 10.1. The second-order valence-corrected chi connectivity index (χ2v) is 7.61.